The van der Waals surface area contributed by atoms with Gasteiger partial charge >= 0.3 is 6.03 Å². The number of nitrogens with zero attached hydrogens (tertiary/aromatic N) is 3. The van der Waals surface area contributed by atoms with E-state index >= 15 is 0 Å². The van der Waals surface area contributed by atoms with Crippen LogP contribution in [0.3, 0.4) is 0 Å². The van der Waals surface area contributed by atoms with E-state index in [0.717, 1.165) is 6.07 Å². The topological polar surface area (TPSA) is 53.0 Å². The number of halogens is 2. The minimum Gasteiger partial charge on any atom is -0.322 e. The molecule has 2 aliphatic rings. The maximum atomic E-state index is 13.5. The third-order valence-corrected chi connectivity index (χ3v) is 4.88. The van der Waals surface area contributed by atoms with Gasteiger partial charge in [0.05, 0.1) is 12.0 Å². The van der Waals surface area contributed by atoms with Crippen LogP contribution < -0.4 is 0 Å². The van der Waals surface area contributed by atoms with Gasteiger partial charge in [-0.25, -0.2) is 18.6 Å². The average molecular weight is 369 g/mol. The van der Waals surface area contributed by atoms with Gasteiger partial charge in [0.15, 0.2) is 5.78 Å². The fourth-order valence-corrected chi connectivity index (χ4v) is 3.43. The lowest BCUT2D eigenvalue weighted by molar-refractivity contribution is 0.0619. The standard InChI is InChI=1S/C20H17F2N3O2/c21-16-8-14(9-17(22)10-16)18-6-7-23-25(18)20(27)24-11-15(12-24)19(26)13-4-2-1-3-5-13/h1-5,7-10,15,18H,6,11-12H2/t18-/m0/s1. The van der Waals surface area contributed by atoms with E-state index in [1.54, 1.807) is 30.5 Å². The molecule has 1 saturated heterocycles. The molecule has 2 aliphatic heterocycles. The molecule has 1 atom stereocenters. The van der Waals surface area contributed by atoms with Crippen molar-refractivity contribution in [2.24, 2.45) is 11.0 Å². The number of urea groups is 1. The summed E-state index contributed by atoms with van der Waals surface area (Å²) in [6.45, 7) is 0.617. The van der Waals surface area contributed by atoms with E-state index in [-0.39, 0.29) is 17.7 Å². The Morgan fingerprint density at radius 2 is 1.67 bits per heavy atom. The van der Waals surface area contributed by atoms with Crippen LogP contribution in [0.25, 0.3) is 0 Å². The van der Waals surface area contributed by atoms with Crippen LogP contribution in [0.1, 0.15) is 28.4 Å². The number of carbonyl (C=O) groups excluding carboxylic acids is 2. The van der Waals surface area contributed by atoms with Crippen LogP contribution in [0.15, 0.2) is 53.6 Å². The second-order valence-electron chi connectivity index (χ2n) is 6.71. The molecule has 5 nitrogen and oxygen atoms in total. The van der Waals surface area contributed by atoms with Crippen molar-refractivity contribution in [3.8, 4) is 0 Å². The van der Waals surface area contributed by atoms with Gasteiger partial charge in [-0.05, 0) is 17.7 Å². The van der Waals surface area contributed by atoms with E-state index in [1.165, 1.54) is 22.0 Å². The van der Waals surface area contributed by atoms with E-state index in [9.17, 15) is 18.4 Å². The summed E-state index contributed by atoms with van der Waals surface area (Å²) in [6.07, 6.45) is 1.94. The summed E-state index contributed by atoms with van der Waals surface area (Å²) < 4.78 is 27.0. The number of ketones is 1. The number of likely N-dealkylation sites (tertiary alicyclic amines) is 1. The maximum Gasteiger partial charge on any atom is 0.341 e. The number of benzene rings is 2. The highest BCUT2D eigenvalue weighted by atomic mass is 19.1. The second-order valence-corrected chi connectivity index (χ2v) is 6.71. The smallest absolute Gasteiger partial charge is 0.322 e. The minimum absolute atomic E-state index is 0.00771. The van der Waals surface area contributed by atoms with E-state index in [4.69, 9.17) is 0 Å². The molecule has 0 aromatic heterocycles. The second kappa shape index (κ2) is 6.90. The molecule has 0 spiro atoms. The van der Waals surface area contributed by atoms with Crippen molar-refractivity contribution in [1.82, 2.24) is 9.91 Å². The fraction of sp³-hybridized carbons (Fsp3) is 0.250. The molecular formula is C20H17F2N3O2. The van der Waals surface area contributed by atoms with Gasteiger partial charge in [-0.15, -0.1) is 0 Å². The number of hydrazone groups is 1. The summed E-state index contributed by atoms with van der Waals surface area (Å²) in [7, 11) is 0. The number of amides is 2. The van der Waals surface area contributed by atoms with Crippen molar-refractivity contribution in [2.75, 3.05) is 13.1 Å². The van der Waals surface area contributed by atoms with Crippen LogP contribution in [0, 0.1) is 17.6 Å². The summed E-state index contributed by atoms with van der Waals surface area (Å²) >= 11 is 0. The van der Waals surface area contributed by atoms with Crippen LogP contribution in [0.4, 0.5) is 13.6 Å². The van der Waals surface area contributed by atoms with Gasteiger partial charge in [-0.1, -0.05) is 30.3 Å². The Balaban J connectivity index is 1.43. The minimum atomic E-state index is -0.693. The fourth-order valence-electron chi connectivity index (χ4n) is 3.43. The quantitative estimate of drug-likeness (QED) is 0.776. The van der Waals surface area contributed by atoms with Crippen LogP contribution >= 0.6 is 0 Å². The summed E-state index contributed by atoms with van der Waals surface area (Å²) in [6, 6.07) is 11.3. The molecule has 1 fully saturated rings. The Morgan fingerprint density at radius 1 is 1.00 bits per heavy atom. The SMILES string of the molecule is O=C(c1ccccc1)C1CN(C(=O)N2N=CC[C@H]2c2cc(F)cc(F)c2)C1. The normalized spacial score (nSPS) is 19.3. The zero-order chi connectivity index (χ0) is 19.0. The van der Waals surface area contributed by atoms with Gasteiger partial charge in [-0.3, -0.25) is 4.79 Å². The molecule has 138 valence electrons. The maximum absolute atomic E-state index is 13.5. The molecule has 0 radical (unpaired) electrons. The van der Waals surface area contributed by atoms with Crippen LogP contribution in [-0.4, -0.2) is 41.0 Å². The molecule has 7 heteroatoms. The van der Waals surface area contributed by atoms with Crippen LogP contribution in [0.5, 0.6) is 0 Å². The zero-order valence-corrected chi connectivity index (χ0v) is 14.4. The molecule has 0 bridgehead atoms. The number of hydrogen-bond donors (Lipinski definition) is 0. The van der Waals surface area contributed by atoms with Crippen LogP contribution in [0.2, 0.25) is 0 Å². The lowest BCUT2D eigenvalue weighted by atomic mass is 9.91. The first-order chi connectivity index (χ1) is 13.0. The summed E-state index contributed by atoms with van der Waals surface area (Å²) in [4.78, 5) is 26.7. The molecule has 2 aromatic carbocycles. The van der Waals surface area contributed by atoms with E-state index in [0.29, 0.717) is 30.6 Å². The molecule has 0 unspecified atom stereocenters. The number of hydrogen-bond acceptors (Lipinski definition) is 3. The Hall–Kier alpha value is -3.09. The predicted octanol–water partition coefficient (Wildman–Crippen LogP) is 3.63. The molecule has 2 heterocycles. The van der Waals surface area contributed by atoms with Crippen molar-refractivity contribution in [3.63, 3.8) is 0 Å². The monoisotopic (exact) mass is 369 g/mol. The van der Waals surface area contributed by atoms with Crippen LogP contribution in [-0.2, 0) is 0 Å². The van der Waals surface area contributed by atoms with E-state index < -0.39 is 17.7 Å². The third-order valence-electron chi connectivity index (χ3n) is 4.88. The summed E-state index contributed by atoms with van der Waals surface area (Å²) in [5.74, 6) is -1.62. The van der Waals surface area contributed by atoms with Crippen molar-refractivity contribution in [1.29, 1.82) is 0 Å². The molecule has 2 aromatic rings. The molecular weight excluding hydrogens is 352 g/mol. The molecule has 4 rings (SSSR count). The zero-order valence-electron chi connectivity index (χ0n) is 14.4. The first-order valence-corrected chi connectivity index (χ1v) is 8.69. The molecule has 0 saturated carbocycles. The highest BCUT2D eigenvalue weighted by Gasteiger charge is 2.40. The van der Waals surface area contributed by atoms with Gasteiger partial charge in [-0.2, -0.15) is 5.10 Å². The Labute approximate surface area is 154 Å². The Bertz CT molecular complexity index is 890. The third kappa shape index (κ3) is 3.32. The number of carbonyl (C=O) groups is 2. The number of Topliss-reactive ketones (excluding diaryl/α,β-unsaturated/α-hetero) is 1. The van der Waals surface area contributed by atoms with E-state index in [2.05, 4.69) is 5.10 Å². The first kappa shape index (κ1) is 17.3. The van der Waals surface area contributed by atoms with Gasteiger partial charge < -0.3 is 4.90 Å². The molecule has 0 aliphatic carbocycles. The highest BCUT2D eigenvalue weighted by molar-refractivity contribution is 5.99. The van der Waals surface area contributed by atoms with Crippen molar-refractivity contribution in [2.45, 2.75) is 12.5 Å². The van der Waals surface area contributed by atoms with E-state index in [1.807, 2.05) is 6.07 Å². The largest absolute Gasteiger partial charge is 0.341 e. The molecule has 0 N–H and O–H groups in total. The highest BCUT2D eigenvalue weighted by Crippen LogP contribution is 2.32. The average Bonchev–Trinajstić information content (AvgIpc) is 3.10. The van der Waals surface area contributed by atoms with Gasteiger partial charge in [0.25, 0.3) is 0 Å². The van der Waals surface area contributed by atoms with Crippen molar-refractivity contribution >= 4 is 18.0 Å². The van der Waals surface area contributed by atoms with Crippen molar-refractivity contribution in [3.05, 3.63) is 71.3 Å². The lowest BCUT2D eigenvalue weighted by Crippen LogP contribution is -2.56. The summed E-state index contributed by atoms with van der Waals surface area (Å²) in [5, 5.41) is 5.30. The van der Waals surface area contributed by atoms with Gasteiger partial charge in [0, 0.05) is 37.4 Å². The molecule has 27 heavy (non-hydrogen) atoms. The summed E-state index contributed by atoms with van der Waals surface area (Å²) in [5.41, 5.74) is 0.984. The first-order valence-electron chi connectivity index (χ1n) is 8.69. The Morgan fingerprint density at radius 3 is 2.33 bits per heavy atom. The Kier molecular flexibility index (Phi) is 4.43. The predicted molar refractivity (Wildman–Crippen MR) is 95.3 cm³/mol. The van der Waals surface area contributed by atoms with Crippen molar-refractivity contribution < 1.29 is 18.4 Å². The molecule has 2 amide bonds. The van der Waals surface area contributed by atoms with Gasteiger partial charge in [0.1, 0.15) is 11.6 Å². The lowest BCUT2D eigenvalue weighted by Gasteiger charge is -2.40. The number of rotatable bonds is 3. The van der Waals surface area contributed by atoms with Gasteiger partial charge in [0.2, 0.25) is 0 Å².